The lowest BCUT2D eigenvalue weighted by Gasteiger charge is -2.08. The Morgan fingerprint density at radius 1 is 0.880 bits per heavy atom. The van der Waals surface area contributed by atoms with E-state index in [-0.39, 0.29) is 11.5 Å². The maximum absolute atomic E-state index is 12.9. The topological polar surface area (TPSA) is 68.6 Å². The maximum atomic E-state index is 12.9. The molecule has 4 rings (SSSR count). The highest BCUT2D eigenvalue weighted by Gasteiger charge is 2.20. The van der Waals surface area contributed by atoms with Crippen LogP contribution < -0.4 is 0 Å². The lowest BCUT2D eigenvalue weighted by atomic mass is 10.0. The van der Waals surface area contributed by atoms with Gasteiger partial charge in [-0.15, -0.1) is 21.5 Å². The summed E-state index contributed by atoms with van der Waals surface area (Å²) in [4.78, 5) is 21.7. The third kappa shape index (κ3) is 3.07. The molecule has 0 aliphatic heterocycles. The number of benzene rings is 2. The molecule has 0 aliphatic carbocycles. The number of thiazole rings is 1. The van der Waals surface area contributed by atoms with E-state index in [0.717, 1.165) is 5.56 Å². The lowest BCUT2D eigenvalue weighted by molar-refractivity contribution is 0.103. The smallest absolute Gasteiger partial charge is 0.215 e. The first kappa shape index (κ1) is 15.3. The molecule has 2 aromatic heterocycles. The Hall–Kier alpha value is -3.25. The molecule has 0 atom stereocenters. The lowest BCUT2D eigenvalue weighted by Crippen LogP contribution is -2.10. The molecule has 2 aromatic carbocycles. The molecule has 25 heavy (non-hydrogen) atoms. The summed E-state index contributed by atoms with van der Waals surface area (Å²) >= 11 is 1.43. The normalized spacial score (nSPS) is 10.6. The predicted molar refractivity (Wildman–Crippen MR) is 96.2 cm³/mol. The van der Waals surface area contributed by atoms with Crippen molar-refractivity contribution in [3.05, 3.63) is 83.5 Å². The van der Waals surface area contributed by atoms with Gasteiger partial charge in [0, 0.05) is 22.7 Å². The Bertz CT molecular complexity index is 1000. The molecule has 0 saturated heterocycles. The molecule has 120 valence electrons. The zero-order valence-corrected chi connectivity index (χ0v) is 13.9. The molecular weight excluding hydrogens is 332 g/mol. The van der Waals surface area contributed by atoms with E-state index in [4.69, 9.17) is 0 Å². The SMILES string of the molecule is O=C(c1ccccc1)c1nnc(-c2nccs2)nc1-c1ccccc1. The van der Waals surface area contributed by atoms with E-state index in [1.807, 2.05) is 53.9 Å². The molecule has 6 heteroatoms. The Balaban J connectivity index is 1.88. The van der Waals surface area contributed by atoms with Gasteiger partial charge in [-0.3, -0.25) is 4.79 Å². The zero-order chi connectivity index (χ0) is 17.1. The molecule has 5 nitrogen and oxygen atoms in total. The van der Waals surface area contributed by atoms with Gasteiger partial charge in [-0.1, -0.05) is 60.7 Å². The van der Waals surface area contributed by atoms with Crippen LogP contribution in [-0.2, 0) is 0 Å². The van der Waals surface area contributed by atoms with E-state index < -0.39 is 0 Å². The first-order valence-corrected chi connectivity index (χ1v) is 8.50. The highest BCUT2D eigenvalue weighted by Crippen LogP contribution is 2.25. The summed E-state index contributed by atoms with van der Waals surface area (Å²) in [5.74, 6) is 0.212. The number of aromatic nitrogens is 4. The van der Waals surface area contributed by atoms with E-state index in [2.05, 4.69) is 20.2 Å². The molecule has 4 aromatic rings. The van der Waals surface area contributed by atoms with Crippen molar-refractivity contribution in [2.75, 3.05) is 0 Å². The van der Waals surface area contributed by atoms with Crippen LogP contribution in [0.4, 0.5) is 0 Å². The average molecular weight is 344 g/mol. The van der Waals surface area contributed by atoms with Gasteiger partial charge in [0.2, 0.25) is 11.6 Å². The summed E-state index contributed by atoms with van der Waals surface area (Å²) in [6.45, 7) is 0. The molecule has 2 heterocycles. The Morgan fingerprint density at radius 2 is 1.60 bits per heavy atom. The van der Waals surface area contributed by atoms with Gasteiger partial charge in [0.15, 0.2) is 10.7 Å². The fourth-order valence-electron chi connectivity index (χ4n) is 2.43. The highest BCUT2D eigenvalue weighted by molar-refractivity contribution is 7.13. The summed E-state index contributed by atoms with van der Waals surface area (Å²) in [6.07, 6.45) is 1.69. The Kier molecular flexibility index (Phi) is 4.10. The van der Waals surface area contributed by atoms with Crippen LogP contribution in [0.2, 0.25) is 0 Å². The van der Waals surface area contributed by atoms with Crippen LogP contribution in [0.25, 0.3) is 22.1 Å². The van der Waals surface area contributed by atoms with Crippen molar-refractivity contribution in [1.82, 2.24) is 20.2 Å². The van der Waals surface area contributed by atoms with E-state index in [0.29, 0.717) is 22.1 Å². The van der Waals surface area contributed by atoms with Crippen molar-refractivity contribution >= 4 is 17.1 Å². The number of nitrogens with zero attached hydrogens (tertiary/aromatic N) is 4. The minimum absolute atomic E-state index is 0.204. The van der Waals surface area contributed by atoms with Gasteiger partial charge in [0.05, 0.1) is 0 Å². The number of hydrogen-bond donors (Lipinski definition) is 0. The Labute approximate surface area is 148 Å². The van der Waals surface area contributed by atoms with Crippen LogP contribution in [0.15, 0.2) is 72.2 Å². The molecule has 0 radical (unpaired) electrons. The summed E-state index contributed by atoms with van der Waals surface area (Å²) in [5.41, 5.74) is 2.11. The molecule has 0 aliphatic rings. The van der Waals surface area contributed by atoms with Gasteiger partial charge in [-0.25, -0.2) is 9.97 Å². The van der Waals surface area contributed by atoms with Crippen LogP contribution in [0.3, 0.4) is 0 Å². The molecule has 0 spiro atoms. The monoisotopic (exact) mass is 344 g/mol. The molecule has 0 N–H and O–H groups in total. The maximum Gasteiger partial charge on any atom is 0.215 e. The van der Waals surface area contributed by atoms with E-state index >= 15 is 0 Å². The fourth-order valence-corrected chi connectivity index (χ4v) is 2.99. The molecule has 0 unspecified atom stereocenters. The molecule has 0 bridgehead atoms. The first-order valence-electron chi connectivity index (χ1n) is 7.62. The van der Waals surface area contributed by atoms with Crippen molar-refractivity contribution in [2.45, 2.75) is 0 Å². The molecule has 0 amide bonds. The van der Waals surface area contributed by atoms with Gasteiger partial charge in [-0.05, 0) is 0 Å². The van der Waals surface area contributed by atoms with Crippen LogP contribution >= 0.6 is 11.3 Å². The summed E-state index contributed by atoms with van der Waals surface area (Å²) < 4.78 is 0. The van der Waals surface area contributed by atoms with Crippen molar-refractivity contribution in [3.8, 4) is 22.1 Å². The summed E-state index contributed by atoms with van der Waals surface area (Å²) in [6, 6.07) is 18.5. The number of carbonyl (C=O) groups is 1. The van der Waals surface area contributed by atoms with Crippen LogP contribution in [0, 0.1) is 0 Å². The van der Waals surface area contributed by atoms with E-state index in [1.54, 1.807) is 18.3 Å². The number of ketones is 1. The largest absolute Gasteiger partial charge is 0.287 e. The minimum Gasteiger partial charge on any atom is -0.287 e. The second kappa shape index (κ2) is 6.70. The van der Waals surface area contributed by atoms with Crippen molar-refractivity contribution in [2.24, 2.45) is 0 Å². The van der Waals surface area contributed by atoms with Crippen molar-refractivity contribution in [1.29, 1.82) is 0 Å². The summed E-state index contributed by atoms with van der Waals surface area (Å²) in [5, 5.41) is 10.8. The van der Waals surface area contributed by atoms with Crippen molar-refractivity contribution < 1.29 is 4.79 Å². The van der Waals surface area contributed by atoms with Gasteiger partial charge in [0.1, 0.15) is 5.69 Å². The number of rotatable bonds is 4. The van der Waals surface area contributed by atoms with Crippen LogP contribution in [-0.4, -0.2) is 25.9 Å². The summed E-state index contributed by atoms with van der Waals surface area (Å²) in [7, 11) is 0. The van der Waals surface area contributed by atoms with Crippen molar-refractivity contribution in [3.63, 3.8) is 0 Å². The molecule has 0 fully saturated rings. The second-order valence-corrected chi connectivity index (χ2v) is 6.13. The van der Waals surface area contributed by atoms with Crippen LogP contribution in [0.5, 0.6) is 0 Å². The third-order valence-corrected chi connectivity index (χ3v) is 4.38. The predicted octanol–water partition coefficient (Wildman–Crippen LogP) is 3.89. The third-order valence-electron chi connectivity index (χ3n) is 3.61. The zero-order valence-electron chi connectivity index (χ0n) is 13.0. The fraction of sp³-hybridized carbons (Fsp3) is 0. The minimum atomic E-state index is -0.204. The first-order chi connectivity index (χ1) is 12.3. The van der Waals surface area contributed by atoms with Gasteiger partial charge < -0.3 is 0 Å². The molecule has 0 saturated carbocycles. The van der Waals surface area contributed by atoms with Gasteiger partial charge in [-0.2, -0.15) is 0 Å². The van der Waals surface area contributed by atoms with E-state index in [1.165, 1.54) is 11.3 Å². The van der Waals surface area contributed by atoms with Gasteiger partial charge in [0.25, 0.3) is 0 Å². The Morgan fingerprint density at radius 3 is 2.28 bits per heavy atom. The quantitative estimate of drug-likeness (QED) is 0.525. The van der Waals surface area contributed by atoms with E-state index in [9.17, 15) is 4.79 Å². The highest BCUT2D eigenvalue weighted by atomic mass is 32.1. The standard InChI is InChI=1S/C19H12N4OS/c24-17(14-9-5-2-6-10-14)16-15(13-7-3-1-4-8-13)21-18(23-22-16)19-20-11-12-25-19/h1-12H. The van der Waals surface area contributed by atoms with Crippen LogP contribution in [0.1, 0.15) is 16.1 Å². The van der Waals surface area contributed by atoms with Gasteiger partial charge >= 0.3 is 0 Å². The number of carbonyl (C=O) groups excluding carboxylic acids is 1. The second-order valence-electron chi connectivity index (χ2n) is 5.23. The number of hydrogen-bond acceptors (Lipinski definition) is 6. The molecular formula is C19H12N4OS. The average Bonchev–Trinajstić information content (AvgIpc) is 3.23.